The van der Waals surface area contributed by atoms with Gasteiger partial charge >= 0.3 is 0 Å². The van der Waals surface area contributed by atoms with E-state index in [1.165, 1.54) is 20.3 Å². The molecule has 1 aliphatic carbocycles. The second-order valence-corrected chi connectivity index (χ2v) is 4.77. The van der Waals surface area contributed by atoms with Gasteiger partial charge in [0.25, 0.3) is 0 Å². The largest absolute Gasteiger partial charge is 0.507 e. The molecule has 1 N–H and O–H groups in total. The predicted octanol–water partition coefficient (Wildman–Crippen LogP) is 2.41. The van der Waals surface area contributed by atoms with Crippen molar-refractivity contribution in [2.24, 2.45) is 0 Å². The fourth-order valence-electron chi connectivity index (χ4n) is 2.52. The third kappa shape index (κ3) is 2.46. The number of benzene rings is 1. The molecule has 6 heteroatoms. The van der Waals surface area contributed by atoms with Crippen molar-refractivity contribution in [3.05, 3.63) is 34.6 Å². The van der Waals surface area contributed by atoms with Crippen molar-refractivity contribution < 1.29 is 28.9 Å². The lowest BCUT2D eigenvalue weighted by molar-refractivity contribution is 0.0722. The van der Waals surface area contributed by atoms with Gasteiger partial charge in [0, 0.05) is 18.2 Å². The van der Waals surface area contributed by atoms with Crippen molar-refractivity contribution in [1.82, 2.24) is 0 Å². The van der Waals surface area contributed by atoms with Crippen molar-refractivity contribution in [3.8, 4) is 11.5 Å². The molecule has 0 heterocycles. The van der Waals surface area contributed by atoms with Crippen molar-refractivity contribution in [1.29, 1.82) is 0 Å². The highest BCUT2D eigenvalue weighted by molar-refractivity contribution is 6.25. The summed E-state index contributed by atoms with van der Waals surface area (Å²) in [6, 6.07) is 1.44. The quantitative estimate of drug-likeness (QED) is 0.899. The highest BCUT2D eigenvalue weighted by atomic mass is 16.5. The lowest BCUT2D eigenvalue weighted by Crippen LogP contribution is -2.19. The van der Waals surface area contributed by atoms with Crippen molar-refractivity contribution >= 4 is 11.6 Å². The zero-order chi connectivity index (χ0) is 16.4. The molecule has 1 atom stereocenters. The molecule has 1 aromatic carbocycles. The Labute approximate surface area is 128 Å². The van der Waals surface area contributed by atoms with Gasteiger partial charge in [0.1, 0.15) is 11.5 Å². The van der Waals surface area contributed by atoms with Crippen LogP contribution < -0.4 is 4.74 Å². The summed E-state index contributed by atoms with van der Waals surface area (Å²) in [6.45, 7) is 3.99. The number of carbonyl (C=O) groups is 2. The van der Waals surface area contributed by atoms with E-state index in [4.69, 9.17) is 14.2 Å². The second-order valence-electron chi connectivity index (χ2n) is 4.77. The number of phenols is 1. The number of fused-ring (bicyclic) bond motifs is 1. The van der Waals surface area contributed by atoms with Crippen LogP contribution in [-0.4, -0.2) is 37.5 Å². The van der Waals surface area contributed by atoms with Crippen LogP contribution in [0.1, 0.15) is 46.2 Å². The van der Waals surface area contributed by atoms with E-state index in [-0.39, 0.29) is 28.4 Å². The lowest BCUT2D eigenvalue weighted by Gasteiger charge is -2.22. The summed E-state index contributed by atoms with van der Waals surface area (Å²) in [4.78, 5) is 24.5. The number of ketones is 2. The van der Waals surface area contributed by atoms with E-state index in [0.717, 1.165) is 6.08 Å². The van der Waals surface area contributed by atoms with Gasteiger partial charge in [0.2, 0.25) is 5.78 Å². The maximum Gasteiger partial charge on any atom is 0.228 e. The van der Waals surface area contributed by atoms with Crippen LogP contribution in [0.25, 0.3) is 0 Å². The number of aromatic hydroxyl groups is 1. The number of hydrogen-bond donors (Lipinski definition) is 1. The Morgan fingerprint density at radius 2 is 1.91 bits per heavy atom. The molecule has 1 aliphatic rings. The third-order valence-corrected chi connectivity index (χ3v) is 3.54. The minimum Gasteiger partial charge on any atom is -0.507 e. The molecule has 118 valence electrons. The average molecular weight is 306 g/mol. The van der Waals surface area contributed by atoms with E-state index in [2.05, 4.69) is 0 Å². The van der Waals surface area contributed by atoms with Gasteiger partial charge in [-0.25, -0.2) is 0 Å². The SMILES string of the molecule is CCOC(C)c1c(OC)cc2c(c1O)C(=O)C=C(OC)C2=O. The van der Waals surface area contributed by atoms with Gasteiger partial charge in [0.05, 0.1) is 31.5 Å². The minimum absolute atomic E-state index is 0.0480. The van der Waals surface area contributed by atoms with Crippen LogP contribution in [0, 0.1) is 0 Å². The maximum absolute atomic E-state index is 12.3. The average Bonchev–Trinajstić information content (AvgIpc) is 2.49. The Morgan fingerprint density at radius 1 is 1.23 bits per heavy atom. The van der Waals surface area contributed by atoms with E-state index < -0.39 is 17.7 Å². The molecule has 0 aromatic heterocycles. The number of hydrogen-bond acceptors (Lipinski definition) is 6. The van der Waals surface area contributed by atoms with Crippen molar-refractivity contribution in [2.45, 2.75) is 20.0 Å². The Bertz CT molecular complexity index is 659. The van der Waals surface area contributed by atoms with Crippen LogP contribution in [0.3, 0.4) is 0 Å². The molecule has 22 heavy (non-hydrogen) atoms. The summed E-state index contributed by atoms with van der Waals surface area (Å²) in [5.41, 5.74) is 0.359. The van der Waals surface area contributed by atoms with E-state index >= 15 is 0 Å². The van der Waals surface area contributed by atoms with Gasteiger partial charge in [-0.05, 0) is 19.9 Å². The summed E-state index contributed by atoms with van der Waals surface area (Å²) in [5, 5.41) is 10.5. The molecule has 1 aromatic rings. The minimum atomic E-state index is -0.489. The Balaban J connectivity index is 2.69. The van der Waals surface area contributed by atoms with Crippen LogP contribution in [0.2, 0.25) is 0 Å². The van der Waals surface area contributed by atoms with E-state index in [9.17, 15) is 14.7 Å². The number of methoxy groups -OCH3 is 2. The molecule has 0 saturated heterocycles. The molecule has 0 bridgehead atoms. The van der Waals surface area contributed by atoms with Crippen LogP contribution in [0.5, 0.6) is 11.5 Å². The van der Waals surface area contributed by atoms with E-state index in [1.807, 2.05) is 6.92 Å². The van der Waals surface area contributed by atoms with Gasteiger partial charge in [-0.2, -0.15) is 0 Å². The first-order valence-corrected chi connectivity index (χ1v) is 6.86. The van der Waals surface area contributed by atoms with Gasteiger partial charge < -0.3 is 19.3 Å². The van der Waals surface area contributed by atoms with Crippen LogP contribution in [0.15, 0.2) is 17.9 Å². The first-order valence-electron chi connectivity index (χ1n) is 6.86. The fourth-order valence-corrected chi connectivity index (χ4v) is 2.52. The Hall–Kier alpha value is -2.34. The van der Waals surface area contributed by atoms with E-state index in [1.54, 1.807) is 6.92 Å². The molecular weight excluding hydrogens is 288 g/mol. The first kappa shape index (κ1) is 16.0. The lowest BCUT2D eigenvalue weighted by atomic mass is 9.89. The summed E-state index contributed by atoms with van der Waals surface area (Å²) >= 11 is 0. The summed E-state index contributed by atoms with van der Waals surface area (Å²) in [5.74, 6) is -1.03. The van der Waals surface area contributed by atoms with Crippen LogP contribution >= 0.6 is 0 Å². The highest BCUT2D eigenvalue weighted by Gasteiger charge is 2.33. The normalized spacial score (nSPS) is 15.2. The van der Waals surface area contributed by atoms with Crippen molar-refractivity contribution in [3.63, 3.8) is 0 Å². The molecule has 0 spiro atoms. The summed E-state index contributed by atoms with van der Waals surface area (Å²) in [6.07, 6.45) is 0.590. The van der Waals surface area contributed by atoms with Crippen LogP contribution in [-0.2, 0) is 9.47 Å². The summed E-state index contributed by atoms with van der Waals surface area (Å²) < 4.78 is 15.6. The molecule has 6 nitrogen and oxygen atoms in total. The molecular formula is C16H18O6. The first-order chi connectivity index (χ1) is 10.5. The zero-order valence-corrected chi connectivity index (χ0v) is 12.9. The second kappa shape index (κ2) is 6.19. The number of ether oxygens (including phenoxy) is 3. The topological polar surface area (TPSA) is 82.1 Å². The van der Waals surface area contributed by atoms with E-state index in [0.29, 0.717) is 12.2 Å². The number of allylic oxidation sites excluding steroid dienone is 2. The molecule has 0 amide bonds. The molecule has 0 fully saturated rings. The predicted molar refractivity (Wildman–Crippen MR) is 78.5 cm³/mol. The molecule has 0 saturated carbocycles. The number of carbonyl (C=O) groups excluding carboxylic acids is 2. The fraction of sp³-hybridized carbons (Fsp3) is 0.375. The Kier molecular flexibility index (Phi) is 4.51. The number of phenolic OH excluding ortho intramolecular Hbond substituents is 1. The number of rotatable bonds is 5. The van der Waals surface area contributed by atoms with Gasteiger partial charge in [-0.1, -0.05) is 0 Å². The van der Waals surface area contributed by atoms with Gasteiger partial charge in [-0.3, -0.25) is 9.59 Å². The third-order valence-electron chi connectivity index (χ3n) is 3.54. The monoisotopic (exact) mass is 306 g/mol. The highest BCUT2D eigenvalue weighted by Crippen LogP contribution is 2.42. The molecule has 2 rings (SSSR count). The van der Waals surface area contributed by atoms with Crippen LogP contribution in [0.4, 0.5) is 0 Å². The van der Waals surface area contributed by atoms with Gasteiger partial charge in [0.15, 0.2) is 11.5 Å². The number of Topliss-reactive ketones (excluding diaryl/α,β-unsaturated/α-hetero) is 1. The maximum atomic E-state index is 12.3. The standard InChI is InChI=1S/C16H18O6/c1-5-22-8(2)13-11(20-3)6-9-14(16(13)19)10(17)7-12(21-4)15(9)18/h6-8,19H,5H2,1-4H3. The molecule has 0 aliphatic heterocycles. The summed E-state index contributed by atoms with van der Waals surface area (Å²) in [7, 11) is 2.73. The zero-order valence-electron chi connectivity index (χ0n) is 12.9. The van der Waals surface area contributed by atoms with Gasteiger partial charge in [-0.15, -0.1) is 0 Å². The smallest absolute Gasteiger partial charge is 0.228 e. The molecule has 1 unspecified atom stereocenters. The van der Waals surface area contributed by atoms with Crippen molar-refractivity contribution in [2.75, 3.05) is 20.8 Å². The molecule has 0 radical (unpaired) electrons. The Morgan fingerprint density at radius 3 is 2.45 bits per heavy atom.